The Bertz CT molecular complexity index is 1030. The highest BCUT2D eigenvalue weighted by molar-refractivity contribution is 6.26. The first-order valence-electron chi connectivity index (χ1n) is 14.4. The number of hydrogen-bond donors (Lipinski definition) is 2. The summed E-state index contributed by atoms with van der Waals surface area (Å²) in [5, 5.41) is 14.0. The lowest BCUT2D eigenvalue weighted by molar-refractivity contribution is -0.137. The SMILES string of the molecule is CCCCCCCCCNc1ccc2c3c(cccc13)C(=O)N(CCCCCCCCCC(=O)O)C2=O. The minimum atomic E-state index is -0.732. The van der Waals surface area contributed by atoms with Gasteiger partial charge < -0.3 is 10.4 Å². The molecule has 0 spiro atoms. The number of anilines is 1. The molecule has 2 amide bonds. The lowest BCUT2D eigenvalue weighted by Gasteiger charge is -2.28. The van der Waals surface area contributed by atoms with Crippen molar-refractivity contribution < 1.29 is 19.5 Å². The molecule has 1 aliphatic rings. The summed E-state index contributed by atoms with van der Waals surface area (Å²) in [4.78, 5) is 38.5. The number of hydrogen-bond acceptors (Lipinski definition) is 4. The van der Waals surface area contributed by atoms with Crippen LogP contribution >= 0.6 is 0 Å². The van der Waals surface area contributed by atoms with E-state index in [2.05, 4.69) is 12.2 Å². The van der Waals surface area contributed by atoms with Crippen LogP contribution in [0.25, 0.3) is 10.8 Å². The van der Waals surface area contributed by atoms with E-state index in [1.54, 1.807) is 0 Å². The molecule has 6 heteroatoms. The van der Waals surface area contributed by atoms with Crippen LogP contribution < -0.4 is 5.32 Å². The summed E-state index contributed by atoms with van der Waals surface area (Å²) in [6, 6.07) is 9.61. The van der Waals surface area contributed by atoms with Crippen molar-refractivity contribution in [3.8, 4) is 0 Å². The van der Waals surface area contributed by atoms with Gasteiger partial charge in [-0.3, -0.25) is 19.3 Å². The molecule has 202 valence electrons. The van der Waals surface area contributed by atoms with Crippen molar-refractivity contribution in [1.82, 2.24) is 4.90 Å². The van der Waals surface area contributed by atoms with E-state index in [-0.39, 0.29) is 18.2 Å². The van der Waals surface area contributed by atoms with Gasteiger partial charge in [0.15, 0.2) is 0 Å². The Labute approximate surface area is 221 Å². The van der Waals surface area contributed by atoms with Crippen molar-refractivity contribution in [1.29, 1.82) is 0 Å². The van der Waals surface area contributed by atoms with Crippen molar-refractivity contribution in [2.45, 2.75) is 103 Å². The van der Waals surface area contributed by atoms with Gasteiger partial charge in [-0.15, -0.1) is 0 Å². The van der Waals surface area contributed by atoms with E-state index in [0.717, 1.165) is 74.4 Å². The maximum Gasteiger partial charge on any atom is 0.303 e. The first-order chi connectivity index (χ1) is 18.0. The summed E-state index contributed by atoms with van der Waals surface area (Å²) in [5.74, 6) is -1.12. The third kappa shape index (κ3) is 8.31. The summed E-state index contributed by atoms with van der Waals surface area (Å²) in [6.07, 6.45) is 15.6. The average Bonchev–Trinajstić information content (AvgIpc) is 2.89. The van der Waals surface area contributed by atoms with Crippen LogP contribution in [-0.2, 0) is 4.79 Å². The Hall–Kier alpha value is -2.89. The number of nitrogens with zero attached hydrogens (tertiary/aromatic N) is 1. The van der Waals surface area contributed by atoms with Gasteiger partial charge in [-0.05, 0) is 37.5 Å². The van der Waals surface area contributed by atoms with Gasteiger partial charge in [0.2, 0.25) is 0 Å². The molecule has 2 N–H and O–H groups in total. The monoisotopic (exact) mass is 508 g/mol. The van der Waals surface area contributed by atoms with Crippen LogP contribution in [0.2, 0.25) is 0 Å². The standard InChI is InChI=1S/C31H44N2O4/c1-2-3-4-5-8-11-14-22-32-27-21-20-26-29-24(27)17-16-18-25(29)30(36)33(31(26)37)23-15-12-9-6-7-10-13-19-28(34)35/h16-18,20-21,32H,2-15,19,22-23H2,1H3,(H,34,35). The largest absolute Gasteiger partial charge is 0.481 e. The van der Waals surface area contributed by atoms with Crippen molar-refractivity contribution in [3.05, 3.63) is 41.5 Å². The molecule has 0 unspecified atom stereocenters. The van der Waals surface area contributed by atoms with Crippen LogP contribution in [0.5, 0.6) is 0 Å². The van der Waals surface area contributed by atoms with Crippen LogP contribution in [0.3, 0.4) is 0 Å². The van der Waals surface area contributed by atoms with Crippen molar-refractivity contribution in [2.24, 2.45) is 0 Å². The van der Waals surface area contributed by atoms with E-state index in [9.17, 15) is 14.4 Å². The van der Waals surface area contributed by atoms with Gasteiger partial charge in [-0.1, -0.05) is 89.7 Å². The molecule has 0 saturated heterocycles. The fourth-order valence-electron chi connectivity index (χ4n) is 5.24. The number of carboxylic acid groups (broad SMARTS) is 1. The lowest BCUT2D eigenvalue weighted by Crippen LogP contribution is -2.40. The Balaban J connectivity index is 1.50. The van der Waals surface area contributed by atoms with Crippen LogP contribution in [0, 0.1) is 0 Å². The summed E-state index contributed by atoms with van der Waals surface area (Å²) >= 11 is 0. The van der Waals surface area contributed by atoms with Crippen molar-refractivity contribution in [3.63, 3.8) is 0 Å². The summed E-state index contributed by atoms with van der Waals surface area (Å²) in [6.45, 7) is 3.56. The van der Waals surface area contributed by atoms with Crippen LogP contribution in [0.4, 0.5) is 5.69 Å². The van der Waals surface area contributed by atoms with Gasteiger partial charge in [0.05, 0.1) is 0 Å². The third-order valence-electron chi connectivity index (χ3n) is 7.36. The van der Waals surface area contributed by atoms with Crippen LogP contribution in [0.1, 0.15) is 124 Å². The quantitative estimate of drug-likeness (QED) is 0.149. The number of benzene rings is 2. The minimum Gasteiger partial charge on any atom is -0.481 e. The molecule has 0 saturated carbocycles. The van der Waals surface area contributed by atoms with E-state index in [1.165, 1.54) is 43.4 Å². The summed E-state index contributed by atoms with van der Waals surface area (Å²) in [5.41, 5.74) is 2.22. The molecule has 2 aromatic rings. The normalized spacial score (nSPS) is 12.9. The van der Waals surface area contributed by atoms with Gasteiger partial charge >= 0.3 is 5.97 Å². The van der Waals surface area contributed by atoms with E-state index in [4.69, 9.17) is 5.11 Å². The van der Waals surface area contributed by atoms with Crippen molar-refractivity contribution in [2.75, 3.05) is 18.4 Å². The Morgan fingerprint density at radius 2 is 1.35 bits per heavy atom. The Morgan fingerprint density at radius 3 is 2.03 bits per heavy atom. The number of unbranched alkanes of at least 4 members (excludes halogenated alkanes) is 12. The number of imide groups is 1. The zero-order valence-corrected chi connectivity index (χ0v) is 22.5. The minimum absolute atomic E-state index is 0.194. The average molecular weight is 509 g/mol. The zero-order valence-electron chi connectivity index (χ0n) is 22.5. The molecule has 0 fully saturated rings. The predicted molar refractivity (Wildman–Crippen MR) is 150 cm³/mol. The fourth-order valence-corrected chi connectivity index (χ4v) is 5.24. The molecule has 3 rings (SSSR count). The number of amides is 2. The van der Waals surface area contributed by atoms with Gasteiger partial charge in [0.25, 0.3) is 11.8 Å². The first kappa shape index (κ1) is 28.7. The topological polar surface area (TPSA) is 86.7 Å². The number of nitrogens with one attached hydrogen (secondary N) is 1. The van der Waals surface area contributed by atoms with Crippen LogP contribution in [0.15, 0.2) is 30.3 Å². The molecule has 37 heavy (non-hydrogen) atoms. The second kappa shape index (κ2) is 15.4. The lowest BCUT2D eigenvalue weighted by atomic mass is 9.92. The molecule has 0 aliphatic carbocycles. The van der Waals surface area contributed by atoms with Crippen LogP contribution in [-0.4, -0.2) is 40.9 Å². The van der Waals surface area contributed by atoms with E-state index in [1.807, 2.05) is 30.3 Å². The number of carbonyl (C=O) groups is 3. The maximum atomic E-state index is 13.3. The van der Waals surface area contributed by atoms with E-state index < -0.39 is 5.97 Å². The first-order valence-corrected chi connectivity index (χ1v) is 14.4. The highest BCUT2D eigenvalue weighted by atomic mass is 16.4. The molecule has 0 atom stereocenters. The number of carboxylic acids is 1. The Kier molecular flexibility index (Phi) is 11.9. The molecular weight excluding hydrogens is 464 g/mol. The van der Waals surface area contributed by atoms with Crippen molar-refractivity contribution >= 4 is 34.2 Å². The van der Waals surface area contributed by atoms with E-state index >= 15 is 0 Å². The van der Waals surface area contributed by atoms with E-state index in [0.29, 0.717) is 17.7 Å². The van der Waals surface area contributed by atoms with Gasteiger partial charge in [0.1, 0.15) is 0 Å². The molecule has 0 radical (unpaired) electrons. The molecule has 0 aromatic heterocycles. The highest BCUT2D eigenvalue weighted by Crippen LogP contribution is 2.34. The maximum absolute atomic E-state index is 13.3. The number of aliphatic carboxylic acids is 1. The highest BCUT2D eigenvalue weighted by Gasteiger charge is 2.32. The molecule has 1 aliphatic heterocycles. The molecule has 1 heterocycles. The molecule has 6 nitrogen and oxygen atoms in total. The summed E-state index contributed by atoms with van der Waals surface area (Å²) < 4.78 is 0. The van der Waals surface area contributed by atoms with Gasteiger partial charge in [-0.25, -0.2) is 0 Å². The molecule has 0 bridgehead atoms. The predicted octanol–water partition coefficient (Wildman–Crippen LogP) is 7.80. The fraction of sp³-hybridized carbons (Fsp3) is 0.581. The number of carbonyl (C=O) groups excluding carboxylic acids is 2. The second-order valence-corrected chi connectivity index (χ2v) is 10.3. The number of rotatable bonds is 19. The molecule has 2 aromatic carbocycles. The third-order valence-corrected chi connectivity index (χ3v) is 7.36. The summed E-state index contributed by atoms with van der Waals surface area (Å²) in [7, 11) is 0. The zero-order chi connectivity index (χ0) is 26.5. The molecular formula is C31H44N2O4. The Morgan fingerprint density at radius 1 is 0.757 bits per heavy atom. The smallest absolute Gasteiger partial charge is 0.303 e. The van der Waals surface area contributed by atoms with Gasteiger partial charge in [0, 0.05) is 47.1 Å². The van der Waals surface area contributed by atoms with Gasteiger partial charge in [-0.2, -0.15) is 0 Å². The second-order valence-electron chi connectivity index (χ2n) is 10.3.